The van der Waals surface area contributed by atoms with Crippen molar-refractivity contribution in [3.63, 3.8) is 0 Å². The molecular formula is C23H23N3O2. The molecule has 2 aromatic carbocycles. The number of pyridine rings is 1. The zero-order valence-electron chi connectivity index (χ0n) is 15.9. The summed E-state index contributed by atoms with van der Waals surface area (Å²) in [6, 6.07) is 19.7. The first-order valence-corrected chi connectivity index (χ1v) is 9.47. The molecule has 3 aromatic rings. The Hall–Kier alpha value is -3.34. The van der Waals surface area contributed by atoms with Gasteiger partial charge in [0, 0.05) is 18.8 Å². The first-order valence-electron chi connectivity index (χ1n) is 9.47. The van der Waals surface area contributed by atoms with Crippen LogP contribution in [0.4, 0.5) is 11.4 Å². The highest BCUT2D eigenvalue weighted by molar-refractivity contribution is 6.05. The lowest BCUT2D eigenvalue weighted by Gasteiger charge is -2.29. The number of aryl methyl sites for hydroxylation is 1. The number of methoxy groups -OCH3 is 1. The molecule has 0 saturated heterocycles. The highest BCUT2D eigenvalue weighted by Crippen LogP contribution is 2.28. The van der Waals surface area contributed by atoms with Gasteiger partial charge in [0.25, 0.3) is 5.91 Å². The van der Waals surface area contributed by atoms with Crippen molar-refractivity contribution in [1.29, 1.82) is 0 Å². The Morgan fingerprint density at radius 2 is 1.93 bits per heavy atom. The third kappa shape index (κ3) is 3.83. The largest absolute Gasteiger partial charge is 0.497 e. The second-order valence-corrected chi connectivity index (χ2v) is 6.82. The number of amides is 1. The highest BCUT2D eigenvalue weighted by Gasteiger charge is 2.23. The van der Waals surface area contributed by atoms with E-state index < -0.39 is 0 Å². The summed E-state index contributed by atoms with van der Waals surface area (Å²) in [5.41, 5.74) is 4.71. The Bertz CT molecular complexity index is 952. The fourth-order valence-corrected chi connectivity index (χ4v) is 3.46. The smallest absolute Gasteiger partial charge is 0.276 e. The van der Waals surface area contributed by atoms with Crippen LogP contribution in [0.15, 0.2) is 66.9 Å². The van der Waals surface area contributed by atoms with E-state index >= 15 is 0 Å². The van der Waals surface area contributed by atoms with E-state index in [4.69, 9.17) is 4.74 Å². The third-order valence-corrected chi connectivity index (χ3v) is 4.99. The number of para-hydroxylation sites is 1. The van der Waals surface area contributed by atoms with Gasteiger partial charge >= 0.3 is 0 Å². The maximum atomic E-state index is 12.9. The third-order valence-electron chi connectivity index (χ3n) is 4.99. The van der Waals surface area contributed by atoms with Crippen molar-refractivity contribution in [2.75, 3.05) is 23.9 Å². The van der Waals surface area contributed by atoms with Gasteiger partial charge in [0.2, 0.25) is 0 Å². The summed E-state index contributed by atoms with van der Waals surface area (Å²) in [6.45, 7) is 1.41. The maximum Gasteiger partial charge on any atom is 0.276 e. The summed E-state index contributed by atoms with van der Waals surface area (Å²) in [5, 5.41) is 3.33. The molecule has 0 saturated carbocycles. The van der Waals surface area contributed by atoms with Gasteiger partial charge in [-0.1, -0.05) is 30.3 Å². The van der Waals surface area contributed by atoms with E-state index in [0.717, 1.165) is 42.1 Å². The van der Waals surface area contributed by atoms with Gasteiger partial charge in [0.15, 0.2) is 0 Å². The number of hydrogen-bond donors (Lipinski definition) is 1. The SMILES string of the molecule is COc1ccc(CNc2ccc(C(=O)N3CCCc4ccccc43)nc2)cc1. The van der Waals surface area contributed by atoms with Crippen LogP contribution in [0.2, 0.25) is 0 Å². The van der Waals surface area contributed by atoms with Crippen molar-refractivity contribution in [3.05, 3.63) is 83.7 Å². The number of nitrogens with one attached hydrogen (secondary N) is 1. The number of benzene rings is 2. The number of hydrogen-bond acceptors (Lipinski definition) is 4. The van der Waals surface area contributed by atoms with Gasteiger partial charge in [-0.25, -0.2) is 4.98 Å². The first-order chi connectivity index (χ1) is 13.7. The first kappa shape index (κ1) is 18.0. The van der Waals surface area contributed by atoms with E-state index in [9.17, 15) is 4.79 Å². The second kappa shape index (κ2) is 8.13. The van der Waals surface area contributed by atoms with Crippen LogP contribution in [0.5, 0.6) is 5.75 Å². The summed E-state index contributed by atoms with van der Waals surface area (Å²) >= 11 is 0. The van der Waals surface area contributed by atoms with Gasteiger partial charge in [-0.2, -0.15) is 0 Å². The van der Waals surface area contributed by atoms with E-state index in [1.165, 1.54) is 5.56 Å². The minimum absolute atomic E-state index is 0.0474. The number of nitrogens with zero attached hydrogens (tertiary/aromatic N) is 2. The maximum absolute atomic E-state index is 12.9. The molecule has 0 unspecified atom stereocenters. The Balaban J connectivity index is 1.42. The Kier molecular flexibility index (Phi) is 5.24. The number of fused-ring (bicyclic) bond motifs is 1. The predicted molar refractivity (Wildman–Crippen MR) is 111 cm³/mol. The fraction of sp³-hybridized carbons (Fsp3) is 0.217. The van der Waals surface area contributed by atoms with Crippen LogP contribution < -0.4 is 15.0 Å². The van der Waals surface area contributed by atoms with Crippen LogP contribution in [0.1, 0.15) is 28.0 Å². The van der Waals surface area contributed by atoms with E-state index in [-0.39, 0.29) is 5.91 Å². The normalized spacial score (nSPS) is 13.0. The zero-order valence-corrected chi connectivity index (χ0v) is 15.9. The van der Waals surface area contributed by atoms with Gasteiger partial charge in [-0.15, -0.1) is 0 Å². The van der Waals surface area contributed by atoms with Crippen molar-refractivity contribution in [3.8, 4) is 5.75 Å². The Labute approximate surface area is 165 Å². The topological polar surface area (TPSA) is 54.5 Å². The van der Waals surface area contributed by atoms with Crippen molar-refractivity contribution in [2.45, 2.75) is 19.4 Å². The van der Waals surface area contributed by atoms with Gasteiger partial charge in [0.1, 0.15) is 11.4 Å². The van der Waals surface area contributed by atoms with Crippen LogP contribution in [0, 0.1) is 0 Å². The molecule has 5 heteroatoms. The highest BCUT2D eigenvalue weighted by atomic mass is 16.5. The lowest BCUT2D eigenvalue weighted by Crippen LogP contribution is -2.35. The molecule has 2 heterocycles. The molecule has 5 nitrogen and oxygen atoms in total. The quantitative estimate of drug-likeness (QED) is 0.725. The number of ether oxygens (including phenoxy) is 1. The molecule has 1 N–H and O–H groups in total. The van der Waals surface area contributed by atoms with Gasteiger partial charge in [0.05, 0.1) is 19.0 Å². The van der Waals surface area contributed by atoms with E-state index in [1.54, 1.807) is 19.4 Å². The number of carbonyl (C=O) groups is 1. The predicted octanol–water partition coefficient (Wildman–Crippen LogP) is 4.30. The molecule has 0 aliphatic carbocycles. The van der Waals surface area contributed by atoms with Gasteiger partial charge < -0.3 is 15.0 Å². The number of carbonyl (C=O) groups excluding carboxylic acids is 1. The molecule has 1 amide bonds. The molecule has 4 rings (SSSR count). The molecule has 0 bridgehead atoms. The molecular weight excluding hydrogens is 350 g/mol. The fourth-order valence-electron chi connectivity index (χ4n) is 3.46. The lowest BCUT2D eigenvalue weighted by atomic mass is 10.0. The summed E-state index contributed by atoms with van der Waals surface area (Å²) in [5.74, 6) is 0.793. The Morgan fingerprint density at radius 1 is 1.11 bits per heavy atom. The van der Waals surface area contributed by atoms with Crippen LogP contribution >= 0.6 is 0 Å². The molecule has 142 valence electrons. The number of anilines is 2. The van der Waals surface area contributed by atoms with Crippen molar-refractivity contribution in [1.82, 2.24) is 4.98 Å². The van der Waals surface area contributed by atoms with Crippen LogP contribution in [0.3, 0.4) is 0 Å². The van der Waals surface area contributed by atoms with Crippen LogP contribution in [0.25, 0.3) is 0 Å². The average molecular weight is 373 g/mol. The average Bonchev–Trinajstić information content (AvgIpc) is 2.77. The lowest BCUT2D eigenvalue weighted by molar-refractivity contribution is 0.0980. The van der Waals surface area contributed by atoms with Crippen molar-refractivity contribution < 1.29 is 9.53 Å². The number of aromatic nitrogens is 1. The molecule has 0 atom stereocenters. The number of rotatable bonds is 5. The molecule has 1 aliphatic rings. The summed E-state index contributed by atoms with van der Waals surface area (Å²) in [7, 11) is 1.66. The van der Waals surface area contributed by atoms with Gasteiger partial charge in [-0.05, 0) is 54.3 Å². The molecule has 0 radical (unpaired) electrons. The molecule has 1 aliphatic heterocycles. The molecule has 28 heavy (non-hydrogen) atoms. The van der Waals surface area contributed by atoms with E-state index in [1.807, 2.05) is 53.4 Å². The standard InChI is InChI=1S/C23H23N3O2/c1-28-20-11-8-17(9-12-20)15-24-19-10-13-21(25-16-19)23(27)26-14-4-6-18-5-2-3-7-22(18)26/h2-3,5,7-13,16,24H,4,6,14-15H2,1H3. The van der Waals surface area contributed by atoms with E-state index in [0.29, 0.717) is 12.2 Å². The van der Waals surface area contributed by atoms with Gasteiger partial charge in [-0.3, -0.25) is 4.79 Å². The second-order valence-electron chi connectivity index (χ2n) is 6.82. The minimum atomic E-state index is -0.0474. The summed E-state index contributed by atoms with van der Waals surface area (Å²) < 4.78 is 5.17. The zero-order chi connectivity index (χ0) is 19.3. The van der Waals surface area contributed by atoms with Crippen LogP contribution in [-0.4, -0.2) is 24.5 Å². The Morgan fingerprint density at radius 3 is 2.68 bits per heavy atom. The molecule has 0 fully saturated rings. The monoisotopic (exact) mass is 373 g/mol. The van der Waals surface area contributed by atoms with E-state index in [2.05, 4.69) is 16.4 Å². The molecule has 1 aromatic heterocycles. The molecule has 0 spiro atoms. The van der Waals surface area contributed by atoms with Crippen molar-refractivity contribution >= 4 is 17.3 Å². The van der Waals surface area contributed by atoms with Crippen molar-refractivity contribution in [2.24, 2.45) is 0 Å². The summed E-state index contributed by atoms with van der Waals surface area (Å²) in [4.78, 5) is 19.2. The minimum Gasteiger partial charge on any atom is -0.497 e. The summed E-state index contributed by atoms with van der Waals surface area (Å²) in [6.07, 6.45) is 3.71. The van der Waals surface area contributed by atoms with Crippen LogP contribution in [-0.2, 0) is 13.0 Å².